The average Bonchev–Trinajstić information content (AvgIpc) is 3.08. The summed E-state index contributed by atoms with van der Waals surface area (Å²) in [5, 5.41) is 5.59. The number of furan rings is 1. The van der Waals surface area contributed by atoms with Crippen molar-refractivity contribution in [1.82, 2.24) is 10.2 Å². The zero-order valence-corrected chi connectivity index (χ0v) is 14.2. The summed E-state index contributed by atoms with van der Waals surface area (Å²) in [6.45, 7) is 8.32. The number of nitrogens with zero attached hydrogens (tertiary/aromatic N) is 1. The molecular weight excluding hydrogens is 280 g/mol. The molecule has 2 heterocycles. The highest BCUT2D eigenvalue weighted by molar-refractivity contribution is 7.09. The Bertz CT molecular complexity index is 519. The fourth-order valence-corrected chi connectivity index (χ4v) is 3.06. The van der Waals surface area contributed by atoms with E-state index in [1.54, 1.807) is 6.26 Å². The van der Waals surface area contributed by atoms with Crippen LogP contribution in [-0.2, 0) is 19.5 Å². The Morgan fingerprint density at radius 2 is 2.10 bits per heavy atom. The molecule has 0 saturated carbocycles. The van der Waals surface area contributed by atoms with E-state index >= 15 is 0 Å². The number of hydrogen-bond acceptors (Lipinski definition) is 4. The molecule has 0 aliphatic rings. The minimum Gasteiger partial charge on any atom is -0.468 e. The van der Waals surface area contributed by atoms with Crippen LogP contribution in [0.1, 0.15) is 37.0 Å². The molecule has 0 bridgehead atoms. The maximum Gasteiger partial charge on any atom is 0.122 e. The zero-order valence-electron chi connectivity index (χ0n) is 13.4. The van der Waals surface area contributed by atoms with Gasteiger partial charge in [0, 0.05) is 29.1 Å². The summed E-state index contributed by atoms with van der Waals surface area (Å²) in [4.78, 5) is 3.80. The van der Waals surface area contributed by atoms with Crippen molar-refractivity contribution in [3.63, 3.8) is 0 Å². The lowest BCUT2D eigenvalue weighted by molar-refractivity contribution is 0.228. The lowest BCUT2D eigenvalue weighted by Gasteiger charge is -2.24. The fourth-order valence-electron chi connectivity index (χ4n) is 2.24. The molecule has 0 spiro atoms. The van der Waals surface area contributed by atoms with Crippen LogP contribution in [0.25, 0.3) is 0 Å². The number of likely N-dealkylation sites (N-methyl/N-ethyl adjacent to an activating group) is 1. The second-order valence-corrected chi connectivity index (χ2v) is 6.98. The van der Waals surface area contributed by atoms with Crippen LogP contribution in [0.4, 0.5) is 0 Å². The summed E-state index contributed by atoms with van der Waals surface area (Å²) in [6.07, 6.45) is 2.89. The molecule has 1 N–H and O–H groups in total. The summed E-state index contributed by atoms with van der Waals surface area (Å²) in [5.41, 5.74) is 1.26. The molecule has 2 aromatic rings. The van der Waals surface area contributed by atoms with Crippen molar-refractivity contribution in [3.05, 3.63) is 46.0 Å². The zero-order chi connectivity index (χ0) is 15.2. The molecule has 1 unspecified atom stereocenters. The molecule has 0 amide bonds. The predicted molar refractivity (Wildman–Crippen MR) is 89.6 cm³/mol. The third-order valence-corrected chi connectivity index (χ3v) is 4.66. The molecule has 1 atom stereocenters. The van der Waals surface area contributed by atoms with Gasteiger partial charge in [0.1, 0.15) is 5.76 Å². The van der Waals surface area contributed by atoms with Crippen LogP contribution in [-0.4, -0.2) is 24.0 Å². The number of nitrogens with one attached hydrogen (secondary N) is 1. The molecule has 0 aliphatic carbocycles. The Labute approximate surface area is 132 Å². The summed E-state index contributed by atoms with van der Waals surface area (Å²) in [6, 6.07) is 7.39. The van der Waals surface area contributed by atoms with Crippen LogP contribution < -0.4 is 5.32 Å². The number of hydrogen-bond donors (Lipinski definition) is 1. The lowest BCUT2D eigenvalue weighted by Crippen LogP contribution is -2.30. The number of rotatable bonds is 8. The summed E-state index contributed by atoms with van der Waals surface area (Å²) in [7, 11) is 2.17. The van der Waals surface area contributed by atoms with Gasteiger partial charge in [0.2, 0.25) is 0 Å². The van der Waals surface area contributed by atoms with Gasteiger partial charge in [0.15, 0.2) is 0 Å². The first kappa shape index (κ1) is 16.3. The molecule has 0 radical (unpaired) electrons. The number of thiophene rings is 1. The van der Waals surface area contributed by atoms with Crippen molar-refractivity contribution in [2.45, 2.75) is 52.4 Å². The van der Waals surface area contributed by atoms with Crippen LogP contribution in [0.15, 0.2) is 34.3 Å². The topological polar surface area (TPSA) is 28.4 Å². The molecule has 116 valence electrons. The van der Waals surface area contributed by atoms with Crippen molar-refractivity contribution in [2.75, 3.05) is 7.05 Å². The van der Waals surface area contributed by atoms with Crippen LogP contribution in [0, 0.1) is 0 Å². The van der Waals surface area contributed by atoms with Gasteiger partial charge < -0.3 is 9.73 Å². The predicted octanol–water partition coefficient (Wildman–Crippen LogP) is 3.90. The average molecular weight is 306 g/mol. The van der Waals surface area contributed by atoms with Crippen LogP contribution >= 0.6 is 11.3 Å². The Hall–Kier alpha value is -1.10. The maximum absolute atomic E-state index is 5.67. The van der Waals surface area contributed by atoms with Crippen molar-refractivity contribution < 1.29 is 4.42 Å². The second kappa shape index (κ2) is 7.78. The van der Waals surface area contributed by atoms with Crippen LogP contribution in [0.3, 0.4) is 0 Å². The first-order valence-corrected chi connectivity index (χ1v) is 8.45. The van der Waals surface area contributed by atoms with Gasteiger partial charge in [-0.3, -0.25) is 4.90 Å². The Morgan fingerprint density at radius 3 is 2.76 bits per heavy atom. The van der Waals surface area contributed by atoms with Crippen molar-refractivity contribution >= 4 is 11.3 Å². The molecule has 21 heavy (non-hydrogen) atoms. The van der Waals surface area contributed by atoms with E-state index in [2.05, 4.69) is 61.6 Å². The van der Waals surface area contributed by atoms with Crippen LogP contribution in [0.5, 0.6) is 0 Å². The highest BCUT2D eigenvalue weighted by Gasteiger charge is 2.15. The monoisotopic (exact) mass is 306 g/mol. The highest BCUT2D eigenvalue weighted by atomic mass is 32.1. The van der Waals surface area contributed by atoms with E-state index < -0.39 is 0 Å². The van der Waals surface area contributed by atoms with Gasteiger partial charge in [-0.05, 0) is 37.9 Å². The molecule has 0 fully saturated rings. The molecular formula is C17H26N2OS. The van der Waals surface area contributed by atoms with E-state index in [-0.39, 0.29) is 0 Å². The quantitative estimate of drug-likeness (QED) is 0.802. The smallest absolute Gasteiger partial charge is 0.122 e. The van der Waals surface area contributed by atoms with Gasteiger partial charge in [-0.2, -0.15) is 0 Å². The second-order valence-electron chi connectivity index (χ2n) is 5.95. The summed E-state index contributed by atoms with van der Waals surface area (Å²) >= 11 is 1.83. The third-order valence-electron chi connectivity index (χ3n) is 3.76. The lowest BCUT2D eigenvalue weighted by atomic mass is 10.1. The standard InChI is InChI=1S/C17H26N2OS/c1-13(2)18-11-15-7-8-20-17(15)12-19(4)14(3)10-16-6-5-9-21-16/h5-9,13-14,18H,10-12H2,1-4H3. The maximum atomic E-state index is 5.67. The minimum atomic E-state index is 0.489. The summed E-state index contributed by atoms with van der Waals surface area (Å²) < 4.78 is 5.67. The van der Waals surface area contributed by atoms with Gasteiger partial charge >= 0.3 is 0 Å². The first-order chi connectivity index (χ1) is 10.1. The van der Waals surface area contributed by atoms with Crippen LogP contribution in [0.2, 0.25) is 0 Å². The molecule has 2 aromatic heterocycles. The van der Waals surface area contributed by atoms with Crippen molar-refractivity contribution in [2.24, 2.45) is 0 Å². The van der Waals surface area contributed by atoms with Crippen molar-refractivity contribution in [1.29, 1.82) is 0 Å². The third kappa shape index (κ3) is 4.99. The van der Waals surface area contributed by atoms with Gasteiger partial charge in [-0.25, -0.2) is 0 Å². The Morgan fingerprint density at radius 1 is 1.29 bits per heavy atom. The summed E-state index contributed by atoms with van der Waals surface area (Å²) in [5.74, 6) is 1.07. The van der Waals surface area contributed by atoms with Gasteiger partial charge in [0.05, 0.1) is 12.8 Å². The molecule has 0 aliphatic heterocycles. The SMILES string of the molecule is CC(C)NCc1ccoc1CN(C)C(C)Cc1cccs1. The van der Waals surface area contributed by atoms with Gasteiger partial charge in [-0.15, -0.1) is 11.3 Å². The highest BCUT2D eigenvalue weighted by Crippen LogP contribution is 2.17. The molecule has 2 rings (SSSR count). The van der Waals surface area contributed by atoms with E-state index in [4.69, 9.17) is 4.42 Å². The van der Waals surface area contributed by atoms with E-state index in [0.717, 1.165) is 25.3 Å². The molecule has 0 saturated heterocycles. The first-order valence-electron chi connectivity index (χ1n) is 7.57. The van der Waals surface area contributed by atoms with Crippen molar-refractivity contribution in [3.8, 4) is 0 Å². The molecule has 3 nitrogen and oxygen atoms in total. The molecule has 4 heteroatoms. The molecule has 0 aromatic carbocycles. The van der Waals surface area contributed by atoms with E-state index in [1.807, 2.05) is 11.3 Å². The fraction of sp³-hybridized carbons (Fsp3) is 0.529. The largest absolute Gasteiger partial charge is 0.468 e. The van der Waals surface area contributed by atoms with Gasteiger partial charge in [0.25, 0.3) is 0 Å². The Kier molecular flexibility index (Phi) is 6.03. The van der Waals surface area contributed by atoms with E-state index in [0.29, 0.717) is 12.1 Å². The van der Waals surface area contributed by atoms with E-state index in [9.17, 15) is 0 Å². The van der Waals surface area contributed by atoms with E-state index in [1.165, 1.54) is 10.4 Å². The Balaban J connectivity index is 1.89. The minimum absolute atomic E-state index is 0.489. The normalized spacial score (nSPS) is 13.2. The van der Waals surface area contributed by atoms with Gasteiger partial charge in [-0.1, -0.05) is 19.9 Å².